The van der Waals surface area contributed by atoms with Crippen LogP contribution in [0.15, 0.2) is 52.3 Å². The number of halogens is 1. The van der Waals surface area contributed by atoms with E-state index in [0.29, 0.717) is 6.54 Å². The SMILES string of the molecule is Cc1cc(Sc2ccccc2Cl)ccc1CCN. The van der Waals surface area contributed by atoms with Crippen LogP contribution in [0, 0.1) is 6.92 Å². The second kappa shape index (κ2) is 6.28. The summed E-state index contributed by atoms with van der Waals surface area (Å²) < 4.78 is 0. The first-order chi connectivity index (χ1) is 8.70. The molecule has 0 spiro atoms. The van der Waals surface area contributed by atoms with Crippen LogP contribution in [-0.4, -0.2) is 6.54 Å². The topological polar surface area (TPSA) is 26.0 Å². The van der Waals surface area contributed by atoms with Crippen molar-refractivity contribution in [2.75, 3.05) is 6.54 Å². The Bertz CT molecular complexity index is 540. The maximum Gasteiger partial charge on any atom is 0.0545 e. The molecule has 0 saturated carbocycles. The smallest absolute Gasteiger partial charge is 0.0545 e. The van der Waals surface area contributed by atoms with Crippen molar-refractivity contribution >= 4 is 23.4 Å². The van der Waals surface area contributed by atoms with E-state index in [1.54, 1.807) is 11.8 Å². The molecule has 0 atom stereocenters. The highest BCUT2D eigenvalue weighted by atomic mass is 35.5. The predicted octanol–water partition coefficient (Wildman–Crippen LogP) is 4.30. The molecule has 2 aromatic rings. The van der Waals surface area contributed by atoms with E-state index in [0.717, 1.165) is 16.3 Å². The molecule has 0 radical (unpaired) electrons. The maximum absolute atomic E-state index is 6.16. The lowest BCUT2D eigenvalue weighted by molar-refractivity contribution is 0.954. The summed E-state index contributed by atoms with van der Waals surface area (Å²) in [6, 6.07) is 14.4. The predicted molar refractivity (Wildman–Crippen MR) is 79.5 cm³/mol. The molecule has 2 rings (SSSR count). The van der Waals surface area contributed by atoms with Crippen LogP contribution in [0.4, 0.5) is 0 Å². The number of rotatable bonds is 4. The van der Waals surface area contributed by atoms with Crippen molar-refractivity contribution in [3.63, 3.8) is 0 Å². The zero-order valence-electron chi connectivity index (χ0n) is 10.3. The third kappa shape index (κ3) is 3.29. The molecule has 0 bridgehead atoms. The Morgan fingerprint density at radius 3 is 2.61 bits per heavy atom. The van der Waals surface area contributed by atoms with Crippen LogP contribution >= 0.6 is 23.4 Å². The van der Waals surface area contributed by atoms with Crippen molar-refractivity contribution in [3.05, 3.63) is 58.6 Å². The normalized spacial score (nSPS) is 10.6. The molecule has 2 N–H and O–H groups in total. The third-order valence-corrected chi connectivity index (χ3v) is 4.30. The number of hydrogen-bond acceptors (Lipinski definition) is 2. The zero-order chi connectivity index (χ0) is 13.0. The van der Waals surface area contributed by atoms with Gasteiger partial charge in [-0.3, -0.25) is 0 Å². The molecule has 0 aliphatic heterocycles. The summed E-state index contributed by atoms with van der Waals surface area (Å²) in [5.41, 5.74) is 8.20. The molecular weight excluding hydrogens is 262 g/mol. The van der Waals surface area contributed by atoms with Gasteiger partial charge in [-0.25, -0.2) is 0 Å². The van der Waals surface area contributed by atoms with Gasteiger partial charge in [-0.1, -0.05) is 41.6 Å². The molecule has 0 heterocycles. The molecule has 0 fully saturated rings. The van der Waals surface area contributed by atoms with Crippen molar-refractivity contribution < 1.29 is 0 Å². The van der Waals surface area contributed by atoms with Gasteiger partial charge in [-0.05, 0) is 55.3 Å². The second-order valence-electron chi connectivity index (χ2n) is 4.16. The summed E-state index contributed by atoms with van der Waals surface area (Å²) in [6.45, 7) is 2.82. The largest absolute Gasteiger partial charge is 0.330 e. The van der Waals surface area contributed by atoms with Gasteiger partial charge in [0.2, 0.25) is 0 Å². The molecule has 3 heteroatoms. The molecule has 2 aromatic carbocycles. The van der Waals surface area contributed by atoms with Crippen molar-refractivity contribution in [2.45, 2.75) is 23.1 Å². The molecule has 0 amide bonds. The highest BCUT2D eigenvalue weighted by molar-refractivity contribution is 7.99. The summed E-state index contributed by atoms with van der Waals surface area (Å²) in [5.74, 6) is 0. The van der Waals surface area contributed by atoms with Crippen molar-refractivity contribution in [2.24, 2.45) is 5.73 Å². The quantitative estimate of drug-likeness (QED) is 0.902. The molecule has 0 aliphatic rings. The Labute approximate surface area is 117 Å². The molecule has 18 heavy (non-hydrogen) atoms. The van der Waals surface area contributed by atoms with Gasteiger partial charge in [-0.15, -0.1) is 0 Å². The maximum atomic E-state index is 6.16. The molecule has 0 unspecified atom stereocenters. The first-order valence-electron chi connectivity index (χ1n) is 5.92. The fourth-order valence-corrected chi connectivity index (χ4v) is 3.01. The summed E-state index contributed by atoms with van der Waals surface area (Å²) in [4.78, 5) is 2.30. The van der Waals surface area contributed by atoms with Crippen LogP contribution < -0.4 is 5.73 Å². The lowest BCUT2D eigenvalue weighted by atomic mass is 10.1. The first-order valence-corrected chi connectivity index (χ1v) is 7.12. The standard InChI is InChI=1S/C15H16ClNS/c1-11-10-13(7-6-12(11)8-9-17)18-15-5-3-2-4-14(15)16/h2-7,10H,8-9,17H2,1H3. The van der Waals surface area contributed by atoms with Gasteiger partial charge in [-0.2, -0.15) is 0 Å². The van der Waals surface area contributed by atoms with E-state index in [4.69, 9.17) is 17.3 Å². The summed E-state index contributed by atoms with van der Waals surface area (Å²) >= 11 is 7.85. The molecule has 0 aliphatic carbocycles. The molecule has 0 saturated heterocycles. The van der Waals surface area contributed by atoms with E-state index in [9.17, 15) is 0 Å². The van der Waals surface area contributed by atoms with Crippen molar-refractivity contribution in [1.29, 1.82) is 0 Å². The first kappa shape index (κ1) is 13.5. The van der Waals surface area contributed by atoms with Crippen LogP contribution in [0.3, 0.4) is 0 Å². The van der Waals surface area contributed by atoms with E-state index >= 15 is 0 Å². The van der Waals surface area contributed by atoms with E-state index in [1.165, 1.54) is 16.0 Å². The summed E-state index contributed by atoms with van der Waals surface area (Å²) in [7, 11) is 0. The van der Waals surface area contributed by atoms with Gasteiger partial charge in [0.15, 0.2) is 0 Å². The van der Waals surface area contributed by atoms with Gasteiger partial charge < -0.3 is 5.73 Å². The minimum Gasteiger partial charge on any atom is -0.330 e. The summed E-state index contributed by atoms with van der Waals surface area (Å²) in [6.07, 6.45) is 0.933. The lowest BCUT2D eigenvalue weighted by Crippen LogP contribution is -2.03. The Kier molecular flexibility index (Phi) is 4.70. The molecular formula is C15H16ClNS. The highest BCUT2D eigenvalue weighted by Crippen LogP contribution is 2.33. The molecule has 1 nitrogen and oxygen atoms in total. The van der Waals surface area contributed by atoms with Crippen LogP contribution in [0.1, 0.15) is 11.1 Å². The Balaban J connectivity index is 2.20. The van der Waals surface area contributed by atoms with Crippen LogP contribution in [-0.2, 0) is 6.42 Å². The van der Waals surface area contributed by atoms with Crippen LogP contribution in [0.25, 0.3) is 0 Å². The van der Waals surface area contributed by atoms with Gasteiger partial charge in [0.05, 0.1) is 5.02 Å². The van der Waals surface area contributed by atoms with Crippen LogP contribution in [0.2, 0.25) is 5.02 Å². The number of benzene rings is 2. The van der Waals surface area contributed by atoms with Gasteiger partial charge in [0.1, 0.15) is 0 Å². The highest BCUT2D eigenvalue weighted by Gasteiger charge is 2.04. The summed E-state index contributed by atoms with van der Waals surface area (Å²) in [5, 5.41) is 0.797. The minimum absolute atomic E-state index is 0.692. The fourth-order valence-electron chi connectivity index (χ4n) is 1.82. The number of aryl methyl sites for hydroxylation is 1. The fraction of sp³-hybridized carbons (Fsp3) is 0.200. The van der Waals surface area contributed by atoms with Crippen LogP contribution in [0.5, 0.6) is 0 Å². The second-order valence-corrected chi connectivity index (χ2v) is 5.68. The van der Waals surface area contributed by atoms with Gasteiger partial charge in [0, 0.05) is 9.79 Å². The zero-order valence-corrected chi connectivity index (χ0v) is 11.9. The third-order valence-electron chi connectivity index (χ3n) is 2.79. The number of hydrogen-bond donors (Lipinski definition) is 1. The lowest BCUT2D eigenvalue weighted by Gasteiger charge is -2.08. The van der Waals surface area contributed by atoms with E-state index < -0.39 is 0 Å². The van der Waals surface area contributed by atoms with Crippen molar-refractivity contribution in [3.8, 4) is 0 Å². The Morgan fingerprint density at radius 2 is 1.94 bits per heavy atom. The van der Waals surface area contributed by atoms with Gasteiger partial charge in [0.25, 0.3) is 0 Å². The average Bonchev–Trinajstić information content (AvgIpc) is 2.36. The Morgan fingerprint density at radius 1 is 1.17 bits per heavy atom. The Hall–Kier alpha value is -0.960. The van der Waals surface area contributed by atoms with E-state index in [-0.39, 0.29) is 0 Å². The molecule has 94 valence electrons. The minimum atomic E-state index is 0.692. The molecule has 0 aromatic heterocycles. The average molecular weight is 278 g/mol. The van der Waals surface area contributed by atoms with E-state index in [2.05, 4.69) is 25.1 Å². The number of nitrogens with two attached hydrogens (primary N) is 1. The van der Waals surface area contributed by atoms with E-state index in [1.807, 2.05) is 24.3 Å². The van der Waals surface area contributed by atoms with Crippen molar-refractivity contribution in [1.82, 2.24) is 0 Å². The van der Waals surface area contributed by atoms with Gasteiger partial charge >= 0.3 is 0 Å². The monoisotopic (exact) mass is 277 g/mol.